The number of hydrogen-bond donors (Lipinski definition) is 0. The Bertz CT molecular complexity index is 764. The number of aryl methyl sites for hydroxylation is 2. The molecule has 0 unspecified atom stereocenters. The lowest BCUT2D eigenvalue weighted by Gasteiger charge is -2.38. The Kier molecular flexibility index (Phi) is 6.87. The van der Waals surface area contributed by atoms with E-state index >= 15 is 0 Å². The van der Waals surface area contributed by atoms with E-state index in [1.54, 1.807) is 16.6 Å². The Balaban J connectivity index is 1.74. The van der Waals surface area contributed by atoms with Crippen LogP contribution in [0.15, 0.2) is 22.8 Å². The second kappa shape index (κ2) is 9.00. The molecule has 0 amide bonds. The molecule has 1 aliphatic heterocycles. The topological polar surface area (TPSA) is 31.2 Å². The highest BCUT2D eigenvalue weighted by Gasteiger charge is 2.27. The molecule has 2 aliphatic rings. The summed E-state index contributed by atoms with van der Waals surface area (Å²) in [6.45, 7) is 16.7. The maximum absolute atomic E-state index is 6.29. The van der Waals surface area contributed by atoms with Crippen LogP contribution in [0.5, 0.6) is 0 Å². The van der Waals surface area contributed by atoms with Gasteiger partial charge in [0.25, 0.3) is 0 Å². The van der Waals surface area contributed by atoms with Gasteiger partial charge in [-0.15, -0.1) is 22.9 Å². The summed E-state index contributed by atoms with van der Waals surface area (Å²) in [4.78, 5) is 16.9. The van der Waals surface area contributed by atoms with Gasteiger partial charge in [0, 0.05) is 47.7 Å². The summed E-state index contributed by atoms with van der Waals surface area (Å²) in [6.07, 6.45) is 6.71. The van der Waals surface area contributed by atoms with Gasteiger partial charge in [-0.05, 0) is 58.9 Å². The Labute approximate surface area is 179 Å². The summed E-state index contributed by atoms with van der Waals surface area (Å²) in [5, 5.41) is 0. The average molecular weight is 421 g/mol. The van der Waals surface area contributed by atoms with Crippen LogP contribution in [0.3, 0.4) is 0 Å². The first-order chi connectivity index (χ1) is 13.3. The fourth-order valence-corrected chi connectivity index (χ4v) is 5.35. The molecule has 0 radical (unpaired) electrons. The first-order valence-corrected chi connectivity index (χ1v) is 11.5. The van der Waals surface area contributed by atoms with Gasteiger partial charge in [0.05, 0.1) is 17.3 Å². The number of fused-ring (bicyclic) bond motifs is 1. The highest BCUT2D eigenvalue weighted by Crippen LogP contribution is 2.35. The maximum Gasteiger partial charge on any atom is 0.137 e. The smallest absolute Gasteiger partial charge is 0.137 e. The minimum atomic E-state index is -0.289. The van der Waals surface area contributed by atoms with Gasteiger partial charge in [0.2, 0.25) is 0 Å². The van der Waals surface area contributed by atoms with Gasteiger partial charge < -0.3 is 9.80 Å². The number of halogens is 1. The monoisotopic (exact) mass is 420 g/mol. The molecular formula is C22H33ClN4S. The molecular weight excluding hydrogens is 388 g/mol. The van der Waals surface area contributed by atoms with Gasteiger partial charge in [0.1, 0.15) is 5.84 Å². The normalized spacial score (nSPS) is 19.0. The molecule has 1 aliphatic carbocycles. The van der Waals surface area contributed by atoms with Crippen molar-refractivity contribution < 1.29 is 0 Å². The zero-order valence-corrected chi connectivity index (χ0v) is 19.3. The first-order valence-electron chi connectivity index (χ1n) is 10.3. The van der Waals surface area contributed by atoms with Gasteiger partial charge in [-0.3, -0.25) is 4.99 Å². The largest absolute Gasteiger partial charge is 0.357 e. The number of alkyl halides is 1. The highest BCUT2D eigenvalue weighted by molar-refractivity contribution is 7.12. The number of hydrogen-bond acceptors (Lipinski definition) is 3. The van der Waals surface area contributed by atoms with Crippen LogP contribution < -0.4 is 0 Å². The lowest BCUT2D eigenvalue weighted by atomic mass is 9.94. The number of rotatable bonds is 4. The van der Waals surface area contributed by atoms with Crippen molar-refractivity contribution in [1.29, 1.82) is 0 Å². The minimum absolute atomic E-state index is 0.289. The fraction of sp³-hybridized carbons (Fsp3) is 0.636. The molecule has 6 heteroatoms. The number of nitrogens with zero attached hydrogens (tertiary/aromatic N) is 4. The van der Waals surface area contributed by atoms with Crippen LogP contribution in [0.2, 0.25) is 0 Å². The molecule has 154 valence electrons. The van der Waals surface area contributed by atoms with Gasteiger partial charge in [-0.2, -0.15) is 0 Å². The van der Waals surface area contributed by atoms with Gasteiger partial charge in [-0.1, -0.05) is 6.58 Å². The third kappa shape index (κ3) is 4.98. The number of piperazine rings is 1. The van der Waals surface area contributed by atoms with Crippen molar-refractivity contribution in [2.24, 2.45) is 9.98 Å². The van der Waals surface area contributed by atoms with Crippen molar-refractivity contribution in [1.82, 2.24) is 9.80 Å². The molecule has 0 bridgehead atoms. The predicted octanol–water partition coefficient (Wildman–Crippen LogP) is 4.88. The van der Waals surface area contributed by atoms with Crippen LogP contribution in [0, 0.1) is 6.92 Å². The predicted molar refractivity (Wildman–Crippen MR) is 123 cm³/mol. The van der Waals surface area contributed by atoms with Crippen LogP contribution in [-0.4, -0.2) is 59.1 Å². The summed E-state index contributed by atoms with van der Waals surface area (Å²) >= 11 is 8.25. The fourth-order valence-electron chi connectivity index (χ4n) is 4.03. The summed E-state index contributed by atoms with van der Waals surface area (Å²) in [5.41, 5.74) is 2.92. The zero-order chi connectivity index (χ0) is 20.3. The van der Waals surface area contributed by atoms with E-state index < -0.39 is 0 Å². The number of thiophene rings is 1. The average Bonchev–Trinajstić information content (AvgIpc) is 2.99. The molecule has 0 atom stereocenters. The Morgan fingerprint density at radius 3 is 2.46 bits per heavy atom. The Hall–Kier alpha value is -1.33. The second-order valence-electron chi connectivity index (χ2n) is 8.33. The summed E-state index contributed by atoms with van der Waals surface area (Å²) < 4.78 is 0. The van der Waals surface area contributed by atoms with E-state index in [9.17, 15) is 0 Å². The third-order valence-electron chi connectivity index (χ3n) is 5.51. The molecule has 0 aromatic carbocycles. The van der Waals surface area contributed by atoms with Gasteiger partial charge >= 0.3 is 0 Å². The lowest BCUT2D eigenvalue weighted by Crippen LogP contribution is -2.50. The summed E-state index contributed by atoms with van der Waals surface area (Å²) in [5.74, 6) is 2.20. The Morgan fingerprint density at radius 2 is 1.82 bits per heavy atom. The van der Waals surface area contributed by atoms with Crippen molar-refractivity contribution >= 4 is 34.6 Å². The maximum atomic E-state index is 6.29. The summed E-state index contributed by atoms with van der Waals surface area (Å²) in [6, 6.07) is 0. The van der Waals surface area contributed by atoms with Crippen LogP contribution in [0.25, 0.3) is 0 Å². The van der Waals surface area contributed by atoms with Crippen molar-refractivity contribution in [2.75, 3.05) is 32.7 Å². The molecule has 3 rings (SSSR count). The molecule has 1 aromatic heterocycles. The number of amidine groups is 2. The van der Waals surface area contributed by atoms with Crippen LogP contribution in [-0.2, 0) is 12.8 Å². The SMILES string of the molecule is C=CN=C(c1c(C)sc2c1CCCC2)N1CCN(C(C)=NCC(C)(C)Cl)CC1. The van der Waals surface area contributed by atoms with Gasteiger partial charge in [0.15, 0.2) is 0 Å². The highest BCUT2D eigenvalue weighted by atomic mass is 35.5. The van der Waals surface area contributed by atoms with E-state index in [0.29, 0.717) is 6.54 Å². The molecule has 1 saturated heterocycles. The first kappa shape index (κ1) is 21.4. The van der Waals surface area contributed by atoms with Crippen LogP contribution in [0.4, 0.5) is 0 Å². The third-order valence-corrected chi connectivity index (χ3v) is 6.83. The molecule has 2 heterocycles. The molecule has 28 heavy (non-hydrogen) atoms. The Morgan fingerprint density at radius 1 is 1.18 bits per heavy atom. The molecule has 0 N–H and O–H groups in total. The summed E-state index contributed by atoms with van der Waals surface area (Å²) in [7, 11) is 0. The van der Waals surface area contributed by atoms with E-state index in [1.165, 1.54) is 36.1 Å². The van der Waals surface area contributed by atoms with Crippen molar-refractivity contribution in [3.63, 3.8) is 0 Å². The van der Waals surface area contributed by atoms with Crippen molar-refractivity contribution in [2.45, 2.75) is 58.3 Å². The molecule has 1 aromatic rings. The minimum Gasteiger partial charge on any atom is -0.357 e. The number of aliphatic imine (C=N–C) groups is 2. The van der Waals surface area contributed by atoms with E-state index in [1.807, 2.05) is 25.2 Å². The van der Waals surface area contributed by atoms with Crippen LogP contribution in [0.1, 0.15) is 54.5 Å². The van der Waals surface area contributed by atoms with E-state index in [-0.39, 0.29) is 4.87 Å². The van der Waals surface area contributed by atoms with E-state index in [4.69, 9.17) is 21.6 Å². The standard InChI is InChI=1S/C22H33ClN4S/c1-6-24-21(20-16(2)28-19-10-8-7-9-18(19)20)27-13-11-26(12-14-27)17(3)25-15-22(4,5)23/h6H,1,7-15H2,2-5H3. The molecule has 4 nitrogen and oxygen atoms in total. The quantitative estimate of drug-likeness (QED) is 0.395. The van der Waals surface area contributed by atoms with Crippen molar-refractivity contribution in [3.05, 3.63) is 33.7 Å². The van der Waals surface area contributed by atoms with Gasteiger partial charge in [-0.25, -0.2) is 4.99 Å². The van der Waals surface area contributed by atoms with E-state index in [2.05, 4.69) is 30.2 Å². The van der Waals surface area contributed by atoms with Crippen molar-refractivity contribution in [3.8, 4) is 0 Å². The molecule has 0 spiro atoms. The zero-order valence-electron chi connectivity index (χ0n) is 17.7. The molecule has 0 saturated carbocycles. The second-order valence-corrected chi connectivity index (χ2v) is 10.7. The molecule has 1 fully saturated rings. The van der Waals surface area contributed by atoms with E-state index in [0.717, 1.165) is 37.9 Å². The lowest BCUT2D eigenvalue weighted by molar-refractivity contribution is 0.257. The van der Waals surface area contributed by atoms with Crippen LogP contribution >= 0.6 is 22.9 Å².